The van der Waals surface area contributed by atoms with Gasteiger partial charge in [-0.15, -0.1) is 0 Å². The second kappa shape index (κ2) is 11.8. The summed E-state index contributed by atoms with van der Waals surface area (Å²) >= 11 is 6.44. The fourth-order valence-electron chi connectivity index (χ4n) is 4.31. The number of anilines is 1. The molecule has 0 aliphatic carbocycles. The molecular weight excluding hydrogens is 484 g/mol. The molecule has 2 aliphatic heterocycles. The third kappa shape index (κ3) is 6.78. The zero-order chi connectivity index (χ0) is 26.5. The first-order valence-corrected chi connectivity index (χ1v) is 12.0. The first kappa shape index (κ1) is 27.5. The van der Waals surface area contributed by atoms with E-state index in [0.717, 1.165) is 16.7 Å². The molecule has 9 heteroatoms. The third-order valence-corrected chi connectivity index (χ3v) is 6.54. The lowest BCUT2D eigenvalue weighted by Gasteiger charge is -2.41. The number of methoxy groups -OCH3 is 2. The van der Waals surface area contributed by atoms with Crippen LogP contribution in [0.4, 0.5) is 10.5 Å². The topological polar surface area (TPSA) is 106 Å². The monoisotopic (exact) mass is 516 g/mol. The minimum absolute atomic E-state index is 0.115. The molecular formula is C27H33ClN2O6. The summed E-state index contributed by atoms with van der Waals surface area (Å²) in [6.45, 7) is 5.67. The second-order valence-electron chi connectivity index (χ2n) is 9.18. The Balaban J connectivity index is 2.04. The van der Waals surface area contributed by atoms with Crippen molar-refractivity contribution in [1.29, 1.82) is 0 Å². The molecule has 1 fully saturated rings. The van der Waals surface area contributed by atoms with E-state index in [4.69, 9.17) is 25.8 Å². The molecule has 2 heterocycles. The van der Waals surface area contributed by atoms with E-state index in [9.17, 15) is 14.7 Å². The molecule has 2 aliphatic rings. The number of hydrogen-bond acceptors (Lipinski definition) is 6. The molecule has 1 aromatic carbocycles. The Morgan fingerprint density at radius 3 is 2.64 bits per heavy atom. The number of aliphatic hydroxyl groups is 1. The van der Waals surface area contributed by atoms with E-state index in [1.54, 1.807) is 18.2 Å². The molecule has 4 unspecified atom stereocenters. The summed E-state index contributed by atoms with van der Waals surface area (Å²) in [5.74, 6) is -0.135. The predicted octanol–water partition coefficient (Wildman–Crippen LogP) is 4.69. The Morgan fingerprint density at radius 2 is 1.94 bits per heavy atom. The second-order valence-corrected chi connectivity index (χ2v) is 9.56. The normalized spacial score (nSPS) is 27.4. The average molecular weight is 517 g/mol. The van der Waals surface area contributed by atoms with Gasteiger partial charge in [-0.1, -0.05) is 60.1 Å². The van der Waals surface area contributed by atoms with Gasteiger partial charge < -0.3 is 24.6 Å². The van der Waals surface area contributed by atoms with Crippen LogP contribution in [0, 0.1) is 5.92 Å². The number of nitrogens with one attached hydrogen (secondary N) is 2. The largest absolute Gasteiger partial charge is 0.495 e. The Bertz CT molecular complexity index is 1130. The lowest BCUT2D eigenvalue weighted by atomic mass is 9.89. The first-order chi connectivity index (χ1) is 17.0. The van der Waals surface area contributed by atoms with E-state index in [1.807, 2.05) is 45.1 Å². The van der Waals surface area contributed by atoms with Crippen LogP contribution in [0.1, 0.15) is 32.8 Å². The molecule has 3 N–H and O–H groups in total. The first-order valence-electron chi connectivity index (χ1n) is 11.7. The van der Waals surface area contributed by atoms with Crippen LogP contribution in [0.5, 0.6) is 5.75 Å². The number of carbonyl (C=O) groups is 2. The van der Waals surface area contributed by atoms with Gasteiger partial charge in [0.25, 0.3) is 0 Å². The molecule has 0 spiro atoms. The minimum Gasteiger partial charge on any atom is -0.495 e. The molecule has 0 saturated carbocycles. The van der Waals surface area contributed by atoms with Crippen LogP contribution in [0.2, 0.25) is 5.02 Å². The average Bonchev–Trinajstić information content (AvgIpc) is 2.81. The summed E-state index contributed by atoms with van der Waals surface area (Å²) in [6, 6.07) is 3.64. The highest BCUT2D eigenvalue weighted by Crippen LogP contribution is 2.35. The maximum absolute atomic E-state index is 12.6. The van der Waals surface area contributed by atoms with Crippen LogP contribution < -0.4 is 15.4 Å². The van der Waals surface area contributed by atoms with E-state index >= 15 is 0 Å². The summed E-state index contributed by atoms with van der Waals surface area (Å²) in [7, 11) is 2.99. The van der Waals surface area contributed by atoms with Gasteiger partial charge in [0.1, 0.15) is 23.0 Å². The standard InChI is InChI=1S/C27H33ClN2O6/c1-16-7-6-8-23(35-5)27(33)15-22(36-26(32)30-27)18(3)11-17(2)9-10-24(31)29-20-13-19(12-16)14-21(34-4)25(20)28/h6-11,13-14,18,22-23,33H,12,15H2,1-5H3,(H,29,31)(H,30,32). The van der Waals surface area contributed by atoms with E-state index in [2.05, 4.69) is 10.6 Å². The fourth-order valence-corrected chi connectivity index (χ4v) is 4.55. The van der Waals surface area contributed by atoms with Crippen molar-refractivity contribution >= 4 is 29.3 Å². The molecule has 1 aromatic rings. The maximum Gasteiger partial charge on any atom is 0.409 e. The Labute approximate surface area is 216 Å². The lowest BCUT2D eigenvalue weighted by molar-refractivity contribution is -0.138. The third-order valence-electron chi connectivity index (χ3n) is 6.15. The molecule has 3 rings (SSSR count). The highest BCUT2D eigenvalue weighted by atomic mass is 35.5. The van der Waals surface area contributed by atoms with Gasteiger partial charge in [0.2, 0.25) is 5.91 Å². The smallest absolute Gasteiger partial charge is 0.409 e. The van der Waals surface area contributed by atoms with Gasteiger partial charge in [-0.3, -0.25) is 10.1 Å². The molecule has 0 aromatic heterocycles. The number of alkyl carbamates (subject to hydrolysis) is 1. The van der Waals surface area contributed by atoms with Crippen LogP contribution in [-0.4, -0.2) is 49.3 Å². The summed E-state index contributed by atoms with van der Waals surface area (Å²) < 4.78 is 16.4. The molecule has 4 bridgehead atoms. The number of amides is 2. The number of ether oxygens (including phenoxy) is 3. The van der Waals surface area contributed by atoms with Crippen molar-refractivity contribution in [2.75, 3.05) is 19.5 Å². The summed E-state index contributed by atoms with van der Waals surface area (Å²) in [5, 5.41) is 16.9. The lowest BCUT2D eigenvalue weighted by Crippen LogP contribution is -2.63. The molecule has 2 amide bonds. The van der Waals surface area contributed by atoms with Gasteiger partial charge in [0.05, 0.1) is 12.8 Å². The number of benzene rings is 1. The van der Waals surface area contributed by atoms with Crippen LogP contribution in [0.25, 0.3) is 0 Å². The van der Waals surface area contributed by atoms with Crippen molar-refractivity contribution in [2.45, 2.75) is 51.5 Å². The van der Waals surface area contributed by atoms with Crippen LogP contribution in [-0.2, 0) is 20.7 Å². The van der Waals surface area contributed by atoms with Gasteiger partial charge in [-0.05, 0) is 38.0 Å². The molecule has 194 valence electrons. The number of hydrogen-bond donors (Lipinski definition) is 3. The number of allylic oxidation sites excluding steroid dienone is 5. The van der Waals surface area contributed by atoms with Gasteiger partial charge in [0.15, 0.2) is 5.72 Å². The number of carbonyl (C=O) groups excluding carboxylic acids is 2. The van der Waals surface area contributed by atoms with E-state index in [0.29, 0.717) is 22.9 Å². The van der Waals surface area contributed by atoms with Gasteiger partial charge in [-0.25, -0.2) is 4.79 Å². The SMILES string of the molecule is COc1cc2cc(c1Cl)NC(=O)C=CC(C)=CC(C)C1CC(O)(NC(=O)O1)C(OC)C=CC=C(C)C2. The predicted molar refractivity (Wildman–Crippen MR) is 139 cm³/mol. The quantitative estimate of drug-likeness (QED) is 0.526. The van der Waals surface area contributed by atoms with Crippen molar-refractivity contribution in [2.24, 2.45) is 5.92 Å². The molecule has 0 radical (unpaired) electrons. The number of rotatable bonds is 2. The molecule has 4 atom stereocenters. The maximum atomic E-state index is 12.6. The summed E-state index contributed by atoms with van der Waals surface area (Å²) in [6.07, 6.45) is 8.86. The zero-order valence-corrected chi connectivity index (χ0v) is 21.9. The Hall–Kier alpha value is -3.07. The van der Waals surface area contributed by atoms with Gasteiger partial charge >= 0.3 is 6.09 Å². The molecule has 1 saturated heterocycles. The zero-order valence-electron chi connectivity index (χ0n) is 21.1. The Morgan fingerprint density at radius 1 is 1.19 bits per heavy atom. The highest BCUT2D eigenvalue weighted by Gasteiger charge is 2.45. The van der Waals surface area contributed by atoms with Crippen molar-refractivity contribution in [3.05, 3.63) is 70.3 Å². The highest BCUT2D eigenvalue weighted by molar-refractivity contribution is 6.35. The molecule has 8 nitrogen and oxygen atoms in total. The summed E-state index contributed by atoms with van der Waals surface area (Å²) in [4.78, 5) is 24.9. The minimum atomic E-state index is -1.65. The van der Waals surface area contributed by atoms with Crippen molar-refractivity contribution < 1.29 is 28.9 Å². The number of halogens is 1. The van der Waals surface area contributed by atoms with Crippen molar-refractivity contribution in [1.82, 2.24) is 5.32 Å². The fraction of sp³-hybridized carbons (Fsp3) is 0.407. The van der Waals surface area contributed by atoms with E-state index in [1.165, 1.54) is 20.3 Å². The van der Waals surface area contributed by atoms with Crippen LogP contribution >= 0.6 is 11.6 Å². The Kier molecular flexibility index (Phi) is 9.00. The van der Waals surface area contributed by atoms with E-state index in [-0.39, 0.29) is 18.2 Å². The van der Waals surface area contributed by atoms with Gasteiger partial charge in [0, 0.05) is 25.5 Å². The molecule has 36 heavy (non-hydrogen) atoms. The number of fused-ring (bicyclic) bond motifs is 4. The summed E-state index contributed by atoms with van der Waals surface area (Å²) in [5.41, 5.74) is 1.47. The van der Waals surface area contributed by atoms with Crippen LogP contribution in [0.3, 0.4) is 0 Å². The van der Waals surface area contributed by atoms with Crippen LogP contribution in [0.15, 0.2) is 59.7 Å². The van der Waals surface area contributed by atoms with E-state index < -0.39 is 24.0 Å². The van der Waals surface area contributed by atoms with Gasteiger partial charge in [-0.2, -0.15) is 0 Å². The van der Waals surface area contributed by atoms with Crippen molar-refractivity contribution in [3.63, 3.8) is 0 Å². The van der Waals surface area contributed by atoms with Crippen molar-refractivity contribution in [3.8, 4) is 5.75 Å².